The predicted octanol–water partition coefficient (Wildman–Crippen LogP) is 6.81. The molecule has 0 amide bonds. The molecule has 1 rings (SSSR count). The first-order valence-electron chi connectivity index (χ1n) is 9.17. The van der Waals surface area contributed by atoms with Gasteiger partial charge in [0.1, 0.15) is 6.26 Å². The van der Waals surface area contributed by atoms with Gasteiger partial charge in [-0.05, 0) is 36.9 Å². The lowest BCUT2D eigenvalue weighted by molar-refractivity contribution is -0.111. The number of ether oxygens (including phenoxy) is 1. The fourth-order valence-electron chi connectivity index (χ4n) is 2.55. The number of unbranched alkanes of at least 4 members (excludes halogenated alkanes) is 11. The number of halogens is 1. The fourth-order valence-corrected chi connectivity index (χ4v) is 2.69. The molecule has 23 heavy (non-hydrogen) atoms. The molecular weight excluding hydrogens is 308 g/mol. The maximum Gasteiger partial charge on any atom is 0.221 e. The van der Waals surface area contributed by atoms with Crippen molar-refractivity contribution in [3.05, 3.63) is 36.3 Å². The van der Waals surface area contributed by atoms with Gasteiger partial charge in [0.2, 0.25) is 5.24 Å². The van der Waals surface area contributed by atoms with Crippen LogP contribution in [0.2, 0.25) is 0 Å². The molecule has 130 valence electrons. The Morgan fingerprint density at radius 2 is 1.39 bits per heavy atom. The summed E-state index contributed by atoms with van der Waals surface area (Å²) in [6, 6.07) is 0. The molecule has 1 heterocycles. The van der Waals surface area contributed by atoms with Crippen molar-refractivity contribution in [2.45, 2.75) is 83.5 Å². The van der Waals surface area contributed by atoms with Crippen molar-refractivity contribution >= 4 is 16.8 Å². The van der Waals surface area contributed by atoms with E-state index in [2.05, 4.69) is 12.2 Å². The maximum atomic E-state index is 10.6. The van der Waals surface area contributed by atoms with Crippen LogP contribution < -0.4 is 0 Å². The summed E-state index contributed by atoms with van der Waals surface area (Å²) in [5, 5.41) is -0.192. The lowest BCUT2D eigenvalue weighted by Gasteiger charge is -2.02. The molecule has 0 aromatic rings. The average Bonchev–Trinajstić information content (AvgIpc) is 3.34. The molecule has 2 nitrogen and oxygen atoms in total. The highest BCUT2D eigenvalue weighted by Crippen LogP contribution is 2.14. The van der Waals surface area contributed by atoms with Gasteiger partial charge in [-0.1, -0.05) is 76.0 Å². The van der Waals surface area contributed by atoms with Crippen molar-refractivity contribution in [1.82, 2.24) is 0 Å². The normalized spacial score (nSPS) is 13.5. The first-order chi connectivity index (χ1) is 11.3. The number of rotatable bonds is 16. The van der Waals surface area contributed by atoms with Gasteiger partial charge in [-0.25, -0.2) is 0 Å². The van der Waals surface area contributed by atoms with Crippen molar-refractivity contribution < 1.29 is 9.53 Å². The van der Waals surface area contributed by atoms with Gasteiger partial charge in [0.15, 0.2) is 5.76 Å². The van der Waals surface area contributed by atoms with Gasteiger partial charge in [-0.3, -0.25) is 4.79 Å². The number of carbonyl (C=O) groups excluding carboxylic acids is 1. The molecule has 0 bridgehead atoms. The van der Waals surface area contributed by atoms with Crippen molar-refractivity contribution in [3.63, 3.8) is 0 Å². The van der Waals surface area contributed by atoms with Crippen LogP contribution in [0.3, 0.4) is 0 Å². The summed E-state index contributed by atoms with van der Waals surface area (Å²) < 4.78 is 4.90. The highest BCUT2D eigenvalue weighted by atomic mass is 35.5. The van der Waals surface area contributed by atoms with Crippen LogP contribution in [0.15, 0.2) is 36.3 Å². The topological polar surface area (TPSA) is 29.6 Å². The minimum absolute atomic E-state index is 0.192. The molecule has 0 aromatic carbocycles. The van der Waals surface area contributed by atoms with Crippen molar-refractivity contribution in [2.75, 3.05) is 0 Å². The summed E-state index contributed by atoms with van der Waals surface area (Å²) in [6.45, 7) is 0. The second-order valence-electron chi connectivity index (χ2n) is 6.21. The summed E-state index contributed by atoms with van der Waals surface area (Å²) in [5.41, 5.74) is 0. The highest BCUT2D eigenvalue weighted by Gasteiger charge is 2.01. The first kappa shape index (κ1) is 20.0. The van der Waals surface area contributed by atoms with Crippen molar-refractivity contribution in [2.24, 2.45) is 0 Å². The van der Waals surface area contributed by atoms with Gasteiger partial charge < -0.3 is 4.74 Å². The van der Waals surface area contributed by atoms with E-state index < -0.39 is 0 Å². The molecule has 0 aromatic heterocycles. The van der Waals surface area contributed by atoms with Crippen LogP contribution in [0, 0.1) is 0 Å². The Hall–Kier alpha value is -1.02. The lowest BCUT2D eigenvalue weighted by Crippen LogP contribution is -1.86. The Bertz CT molecular complexity index is 396. The molecule has 3 heteroatoms. The molecule has 0 unspecified atom stereocenters. The summed E-state index contributed by atoms with van der Waals surface area (Å²) in [6.07, 6.45) is 25.9. The first-order valence-corrected chi connectivity index (χ1v) is 9.55. The Balaban J connectivity index is 1.69. The summed E-state index contributed by atoms with van der Waals surface area (Å²) in [5.74, 6) is 0.972. The van der Waals surface area contributed by atoms with Crippen molar-refractivity contribution in [3.8, 4) is 0 Å². The van der Waals surface area contributed by atoms with Crippen LogP contribution in [0.25, 0.3) is 0 Å². The zero-order chi connectivity index (χ0) is 16.6. The molecule has 1 aliphatic heterocycles. The van der Waals surface area contributed by atoms with Crippen LogP contribution in [-0.4, -0.2) is 5.24 Å². The zero-order valence-corrected chi connectivity index (χ0v) is 15.0. The molecule has 1 aliphatic rings. The van der Waals surface area contributed by atoms with Crippen LogP contribution >= 0.6 is 11.6 Å². The van der Waals surface area contributed by atoms with Crippen LogP contribution in [0.5, 0.6) is 0 Å². The minimum Gasteiger partial charge on any atom is -0.458 e. The summed E-state index contributed by atoms with van der Waals surface area (Å²) in [4.78, 5) is 10.6. The molecule has 0 fully saturated rings. The smallest absolute Gasteiger partial charge is 0.221 e. The zero-order valence-electron chi connectivity index (χ0n) is 14.3. The second-order valence-corrected chi connectivity index (χ2v) is 6.63. The fraction of sp³-hybridized carbons (Fsp3) is 0.650. The van der Waals surface area contributed by atoms with Gasteiger partial charge in [0, 0.05) is 6.42 Å². The largest absolute Gasteiger partial charge is 0.458 e. The molecule has 0 saturated carbocycles. The van der Waals surface area contributed by atoms with Crippen molar-refractivity contribution in [1.29, 1.82) is 0 Å². The van der Waals surface area contributed by atoms with Crippen LogP contribution in [0.4, 0.5) is 0 Å². The molecule has 0 aliphatic carbocycles. The standard InChI is InChI=1S/C20H31ClO2/c21-20(22)17-15-13-11-9-7-5-3-1-2-4-6-8-10-12-14-16-19-18-23-19/h10,12,14,16,18H,1-9,11,13,15,17H2. The molecular formula is C20H31ClO2. The maximum absolute atomic E-state index is 10.6. The number of hydrogen-bond donors (Lipinski definition) is 0. The van der Waals surface area contributed by atoms with E-state index in [4.69, 9.17) is 16.3 Å². The van der Waals surface area contributed by atoms with E-state index in [0.29, 0.717) is 6.42 Å². The van der Waals surface area contributed by atoms with Crippen LogP contribution in [-0.2, 0) is 9.53 Å². The van der Waals surface area contributed by atoms with E-state index in [0.717, 1.165) is 18.6 Å². The molecule has 0 atom stereocenters. The van der Waals surface area contributed by atoms with Gasteiger partial charge in [-0.2, -0.15) is 0 Å². The number of hydrogen-bond acceptors (Lipinski definition) is 2. The molecule has 0 spiro atoms. The SMILES string of the molecule is O=C(Cl)CCCCCCCCCCCCCC=CC=CC1=CO1. The monoisotopic (exact) mass is 338 g/mol. The van der Waals surface area contributed by atoms with Gasteiger partial charge in [0.05, 0.1) is 0 Å². The van der Waals surface area contributed by atoms with E-state index >= 15 is 0 Å². The average molecular weight is 339 g/mol. The second kappa shape index (κ2) is 14.6. The Morgan fingerprint density at radius 1 is 0.870 bits per heavy atom. The Kier molecular flexibility index (Phi) is 12.7. The highest BCUT2D eigenvalue weighted by molar-refractivity contribution is 6.63. The van der Waals surface area contributed by atoms with Gasteiger partial charge in [-0.15, -0.1) is 0 Å². The van der Waals surface area contributed by atoms with Gasteiger partial charge in [0.25, 0.3) is 0 Å². The third-order valence-electron chi connectivity index (χ3n) is 4.01. The third-order valence-corrected chi connectivity index (χ3v) is 4.19. The summed E-state index contributed by atoms with van der Waals surface area (Å²) in [7, 11) is 0. The van der Waals surface area contributed by atoms with E-state index in [1.54, 1.807) is 6.26 Å². The van der Waals surface area contributed by atoms with E-state index in [-0.39, 0.29) is 5.24 Å². The Labute approximate surface area is 146 Å². The van der Waals surface area contributed by atoms with Crippen LogP contribution in [0.1, 0.15) is 83.5 Å². The third kappa shape index (κ3) is 15.6. The number of allylic oxidation sites excluding steroid dienone is 4. The number of carbonyl (C=O) groups is 1. The quantitative estimate of drug-likeness (QED) is 0.176. The lowest BCUT2D eigenvalue weighted by atomic mass is 10.0. The van der Waals surface area contributed by atoms with E-state index in [9.17, 15) is 4.79 Å². The Morgan fingerprint density at radius 3 is 1.91 bits per heavy atom. The molecule has 0 N–H and O–H groups in total. The van der Waals surface area contributed by atoms with E-state index in [1.807, 2.05) is 12.2 Å². The molecule has 0 saturated heterocycles. The molecule has 0 radical (unpaired) electrons. The van der Waals surface area contributed by atoms with Gasteiger partial charge >= 0.3 is 0 Å². The summed E-state index contributed by atoms with van der Waals surface area (Å²) >= 11 is 5.30. The van der Waals surface area contributed by atoms with E-state index in [1.165, 1.54) is 64.2 Å². The minimum atomic E-state index is -0.192. The predicted molar refractivity (Wildman–Crippen MR) is 98.3 cm³/mol.